The van der Waals surface area contributed by atoms with Crippen LogP contribution in [-0.2, 0) is 0 Å². The number of nitrogens with zero attached hydrogens (tertiary/aromatic N) is 4. The lowest BCUT2D eigenvalue weighted by Gasteiger charge is -2.13. The summed E-state index contributed by atoms with van der Waals surface area (Å²) in [5, 5.41) is 13.9. The van der Waals surface area contributed by atoms with Gasteiger partial charge in [-0.1, -0.05) is 0 Å². The van der Waals surface area contributed by atoms with Gasteiger partial charge in [-0.2, -0.15) is 4.73 Å². The van der Waals surface area contributed by atoms with Crippen molar-refractivity contribution in [1.82, 2.24) is 14.5 Å². The Morgan fingerprint density at radius 3 is 2.48 bits per heavy atom. The number of rotatable bonds is 7. The normalized spacial score (nSPS) is 10.8. The van der Waals surface area contributed by atoms with Crippen LogP contribution in [0.4, 0.5) is 10.1 Å². The van der Waals surface area contributed by atoms with Gasteiger partial charge in [-0.05, 0) is 31.2 Å². The molecule has 5 aromatic rings. The smallest absolute Gasteiger partial charge is 0.268 e. The first-order valence-corrected chi connectivity index (χ1v) is 11.9. The Bertz CT molecular complexity index is 1810. The molecule has 0 bridgehead atoms. The minimum Gasteiger partial charge on any atom is -0.619 e. The lowest BCUT2D eigenvalue weighted by molar-refractivity contribution is -0.605. The Morgan fingerprint density at radius 1 is 1.00 bits per heavy atom. The number of carbonyl (C=O) groups excluding carboxylic acids is 1. The van der Waals surface area contributed by atoms with Crippen LogP contribution in [0.25, 0.3) is 16.7 Å². The summed E-state index contributed by atoms with van der Waals surface area (Å²) >= 11 is 0. The molecule has 0 unspecified atom stereocenters. The fourth-order valence-electron chi connectivity index (χ4n) is 4.04. The van der Waals surface area contributed by atoms with E-state index in [-0.39, 0.29) is 28.6 Å². The number of aromatic nitrogens is 4. The predicted octanol–water partition coefficient (Wildman–Crippen LogP) is 3.92. The summed E-state index contributed by atoms with van der Waals surface area (Å²) in [6, 6.07) is 12.9. The molecule has 0 aliphatic heterocycles. The Labute approximate surface area is 226 Å². The van der Waals surface area contributed by atoms with Crippen LogP contribution in [0.2, 0.25) is 0 Å². The second kappa shape index (κ2) is 10.7. The van der Waals surface area contributed by atoms with E-state index < -0.39 is 17.3 Å². The van der Waals surface area contributed by atoms with Crippen LogP contribution in [0.3, 0.4) is 0 Å². The number of aryl methyl sites for hydroxylation is 1. The van der Waals surface area contributed by atoms with Crippen LogP contribution in [0, 0.1) is 17.9 Å². The molecule has 0 radical (unpaired) electrons. The molecule has 0 atom stereocenters. The molecule has 0 saturated heterocycles. The maximum absolute atomic E-state index is 15.1. The number of halogens is 1. The number of pyridine rings is 4. The first-order valence-electron chi connectivity index (χ1n) is 11.9. The van der Waals surface area contributed by atoms with Crippen molar-refractivity contribution < 1.29 is 28.1 Å². The molecular formula is C28H22FN5O6. The van der Waals surface area contributed by atoms with Crippen molar-refractivity contribution in [2.24, 2.45) is 0 Å². The number of carbonyl (C=O) groups is 1. The molecule has 0 aliphatic rings. The second-order valence-electron chi connectivity index (χ2n) is 8.52. The standard InChI is InChI=1S/C28H22FN5O6/c1-16-4-6-19(28(36)34(16)18-9-12-33(37)13-10-18)26(35)31-17-5-7-22(20(29)14-17)40-23-8-11-30-21-15-24(38-2)27(39-3)32-25(21)23/h4-15H,1-3H3,(H,31,35). The Kier molecular flexibility index (Phi) is 6.98. The first kappa shape index (κ1) is 26.1. The Morgan fingerprint density at radius 2 is 1.77 bits per heavy atom. The number of fused-ring (bicyclic) bond motifs is 1. The third kappa shape index (κ3) is 4.97. The van der Waals surface area contributed by atoms with Crippen molar-refractivity contribution in [2.45, 2.75) is 6.92 Å². The van der Waals surface area contributed by atoms with E-state index in [1.165, 1.54) is 73.8 Å². The molecule has 12 heteroatoms. The maximum Gasteiger partial charge on any atom is 0.268 e. The minimum absolute atomic E-state index is 0.109. The highest BCUT2D eigenvalue weighted by atomic mass is 19.1. The van der Waals surface area contributed by atoms with Crippen LogP contribution in [-0.4, -0.2) is 34.7 Å². The topological polar surface area (TPSA) is 132 Å². The molecule has 0 saturated carbocycles. The summed E-state index contributed by atoms with van der Waals surface area (Å²) in [6.07, 6.45) is 3.98. The van der Waals surface area contributed by atoms with Crippen LogP contribution >= 0.6 is 0 Å². The van der Waals surface area contributed by atoms with Crippen LogP contribution < -0.4 is 29.8 Å². The van der Waals surface area contributed by atoms with Gasteiger partial charge in [0.2, 0.25) is 0 Å². The monoisotopic (exact) mass is 543 g/mol. The molecule has 5 rings (SSSR count). The fourth-order valence-corrected chi connectivity index (χ4v) is 4.04. The number of methoxy groups -OCH3 is 2. The second-order valence-corrected chi connectivity index (χ2v) is 8.52. The van der Waals surface area contributed by atoms with Crippen LogP contribution in [0.1, 0.15) is 16.1 Å². The molecule has 0 spiro atoms. The summed E-state index contributed by atoms with van der Waals surface area (Å²) in [6.45, 7) is 1.70. The molecule has 202 valence electrons. The van der Waals surface area contributed by atoms with Gasteiger partial charge in [0.1, 0.15) is 11.1 Å². The largest absolute Gasteiger partial charge is 0.619 e. The highest BCUT2D eigenvalue weighted by molar-refractivity contribution is 6.04. The van der Waals surface area contributed by atoms with E-state index in [1.54, 1.807) is 19.1 Å². The quantitative estimate of drug-likeness (QED) is 0.241. The summed E-state index contributed by atoms with van der Waals surface area (Å²) in [5.41, 5.74) is 1.12. The van der Waals surface area contributed by atoms with E-state index in [0.717, 1.165) is 6.07 Å². The molecule has 40 heavy (non-hydrogen) atoms. The number of hydrogen-bond donors (Lipinski definition) is 1. The van der Waals surface area contributed by atoms with E-state index >= 15 is 4.39 Å². The molecule has 0 fully saturated rings. The SMILES string of the molecule is COc1cc2nccc(Oc3ccc(NC(=O)c4ccc(C)n(-c5cc[n+]([O-])cc5)c4=O)cc3F)c2nc1OC. The van der Waals surface area contributed by atoms with E-state index in [1.807, 2.05) is 0 Å². The first-order chi connectivity index (χ1) is 19.3. The van der Waals surface area contributed by atoms with E-state index in [2.05, 4.69) is 15.3 Å². The van der Waals surface area contributed by atoms with Gasteiger partial charge in [0.05, 0.1) is 25.4 Å². The zero-order chi connectivity index (χ0) is 28.4. The number of benzene rings is 1. The van der Waals surface area contributed by atoms with Gasteiger partial charge in [0, 0.05) is 47.9 Å². The average molecular weight is 544 g/mol. The van der Waals surface area contributed by atoms with Crippen molar-refractivity contribution in [2.75, 3.05) is 19.5 Å². The average Bonchev–Trinajstić information content (AvgIpc) is 2.94. The third-order valence-corrected chi connectivity index (χ3v) is 6.00. The van der Waals surface area contributed by atoms with Gasteiger partial charge in [0.15, 0.2) is 35.5 Å². The highest BCUT2D eigenvalue weighted by Gasteiger charge is 2.18. The highest BCUT2D eigenvalue weighted by Crippen LogP contribution is 2.35. The van der Waals surface area contributed by atoms with Crippen LogP contribution in [0.15, 0.2) is 78.0 Å². The molecule has 0 aliphatic carbocycles. The van der Waals surface area contributed by atoms with Gasteiger partial charge >= 0.3 is 0 Å². The van der Waals surface area contributed by atoms with Crippen molar-refractivity contribution in [3.05, 3.63) is 106 Å². The zero-order valence-corrected chi connectivity index (χ0v) is 21.5. The Hall–Kier alpha value is -5.52. The molecule has 1 aromatic carbocycles. The van der Waals surface area contributed by atoms with E-state index in [0.29, 0.717) is 32.9 Å². The summed E-state index contributed by atoms with van der Waals surface area (Å²) < 4.78 is 33.2. The van der Waals surface area contributed by atoms with Gasteiger partial charge in [0.25, 0.3) is 17.3 Å². The number of nitrogens with one attached hydrogen (secondary N) is 1. The summed E-state index contributed by atoms with van der Waals surface area (Å²) in [5.74, 6) is -0.801. The molecule has 11 nitrogen and oxygen atoms in total. The Balaban J connectivity index is 1.40. The van der Waals surface area contributed by atoms with Crippen molar-refractivity contribution in [3.63, 3.8) is 0 Å². The van der Waals surface area contributed by atoms with Gasteiger partial charge in [-0.15, -0.1) is 0 Å². The van der Waals surface area contributed by atoms with Gasteiger partial charge < -0.3 is 24.7 Å². The molecular weight excluding hydrogens is 521 g/mol. The lowest BCUT2D eigenvalue weighted by Crippen LogP contribution is -2.30. The fraction of sp³-hybridized carbons (Fsp3) is 0.107. The number of hydrogen-bond acceptors (Lipinski definition) is 8. The number of anilines is 1. The zero-order valence-electron chi connectivity index (χ0n) is 21.5. The van der Waals surface area contributed by atoms with E-state index in [4.69, 9.17) is 14.2 Å². The van der Waals surface area contributed by atoms with Crippen molar-refractivity contribution in [1.29, 1.82) is 0 Å². The number of ether oxygens (including phenoxy) is 3. The van der Waals surface area contributed by atoms with Crippen LogP contribution in [0.5, 0.6) is 23.1 Å². The lowest BCUT2D eigenvalue weighted by atomic mass is 10.2. The molecule has 1 amide bonds. The molecule has 4 heterocycles. The predicted molar refractivity (Wildman–Crippen MR) is 143 cm³/mol. The van der Waals surface area contributed by atoms with Gasteiger partial charge in [-0.3, -0.25) is 19.1 Å². The third-order valence-electron chi connectivity index (χ3n) is 6.00. The van der Waals surface area contributed by atoms with Crippen molar-refractivity contribution in [3.8, 4) is 28.8 Å². The maximum atomic E-state index is 15.1. The summed E-state index contributed by atoms with van der Waals surface area (Å²) in [7, 11) is 2.92. The number of amides is 1. The molecule has 1 N–H and O–H groups in total. The van der Waals surface area contributed by atoms with Gasteiger partial charge in [-0.25, -0.2) is 9.37 Å². The van der Waals surface area contributed by atoms with Crippen molar-refractivity contribution >= 4 is 22.6 Å². The summed E-state index contributed by atoms with van der Waals surface area (Å²) in [4.78, 5) is 34.7. The van der Waals surface area contributed by atoms with E-state index in [9.17, 15) is 14.8 Å². The molecule has 4 aromatic heterocycles. The minimum atomic E-state index is -0.764.